The third kappa shape index (κ3) is 7.22. The zero-order chi connectivity index (χ0) is 16.1. The summed E-state index contributed by atoms with van der Waals surface area (Å²) in [5, 5.41) is 7.76. The highest BCUT2D eigenvalue weighted by molar-refractivity contribution is 7.89. The van der Waals surface area contributed by atoms with Crippen LogP contribution in [0.4, 0.5) is 0 Å². The number of sulfonamides is 1. The summed E-state index contributed by atoms with van der Waals surface area (Å²) in [7, 11) is -3.66. The topological polar surface area (TPSA) is 98.5 Å². The normalized spacial score (nSPS) is 12.2. The Morgan fingerprint density at radius 3 is 2.29 bits per heavy atom. The number of amides is 1. The zero-order valence-corrected chi connectivity index (χ0v) is 13.4. The standard InChI is InChI=1S/C14H22N2O4S/c1-14(2,3)20-10-13(17)16-9-8-11-4-6-12(7-5-11)21(15,18)19/h4-7H,8-10H2,1-3H3,(H,16,17)(H2,15,18,19). The van der Waals surface area contributed by atoms with Crippen LogP contribution >= 0.6 is 0 Å². The molecule has 0 unspecified atom stereocenters. The molecule has 21 heavy (non-hydrogen) atoms. The summed E-state index contributed by atoms with van der Waals surface area (Å²) in [6.07, 6.45) is 0.603. The highest BCUT2D eigenvalue weighted by Gasteiger charge is 2.12. The lowest BCUT2D eigenvalue weighted by Crippen LogP contribution is -2.33. The van der Waals surface area contributed by atoms with E-state index in [1.165, 1.54) is 12.1 Å². The molecule has 0 bridgehead atoms. The SMILES string of the molecule is CC(C)(C)OCC(=O)NCCc1ccc(S(N)(=O)=O)cc1. The fourth-order valence-electron chi connectivity index (χ4n) is 1.53. The van der Waals surface area contributed by atoms with Gasteiger partial charge in [0.2, 0.25) is 15.9 Å². The highest BCUT2D eigenvalue weighted by Crippen LogP contribution is 2.09. The number of hydrogen-bond acceptors (Lipinski definition) is 4. The van der Waals surface area contributed by atoms with Crippen molar-refractivity contribution in [2.45, 2.75) is 37.7 Å². The fraction of sp³-hybridized carbons (Fsp3) is 0.500. The van der Waals surface area contributed by atoms with Gasteiger partial charge in [-0.15, -0.1) is 0 Å². The molecule has 6 nitrogen and oxygen atoms in total. The molecule has 0 saturated carbocycles. The molecule has 0 heterocycles. The van der Waals surface area contributed by atoms with E-state index in [0.29, 0.717) is 13.0 Å². The van der Waals surface area contributed by atoms with E-state index in [4.69, 9.17) is 9.88 Å². The summed E-state index contributed by atoms with van der Waals surface area (Å²) in [5.74, 6) is -0.175. The number of carbonyl (C=O) groups excluding carboxylic acids is 1. The van der Waals surface area contributed by atoms with Crippen LogP contribution in [-0.2, 0) is 26.0 Å². The summed E-state index contributed by atoms with van der Waals surface area (Å²) in [4.78, 5) is 11.6. The van der Waals surface area contributed by atoms with E-state index in [-0.39, 0.29) is 23.0 Å². The summed E-state index contributed by atoms with van der Waals surface area (Å²) in [5.41, 5.74) is 0.570. The van der Waals surface area contributed by atoms with Crippen molar-refractivity contribution in [3.63, 3.8) is 0 Å². The molecule has 0 atom stereocenters. The Kier molecular flexibility index (Phi) is 5.88. The van der Waals surface area contributed by atoms with Crippen molar-refractivity contribution in [2.24, 2.45) is 5.14 Å². The molecule has 0 aliphatic heterocycles. The lowest BCUT2D eigenvalue weighted by molar-refractivity contribution is -0.130. The summed E-state index contributed by atoms with van der Waals surface area (Å²) < 4.78 is 27.6. The van der Waals surface area contributed by atoms with Gasteiger partial charge in [0.15, 0.2) is 0 Å². The van der Waals surface area contributed by atoms with Gasteiger partial charge in [-0.05, 0) is 44.9 Å². The number of nitrogens with two attached hydrogens (primary N) is 1. The number of primary sulfonamides is 1. The Morgan fingerprint density at radius 2 is 1.81 bits per heavy atom. The highest BCUT2D eigenvalue weighted by atomic mass is 32.2. The van der Waals surface area contributed by atoms with Crippen molar-refractivity contribution in [1.82, 2.24) is 5.32 Å². The monoisotopic (exact) mass is 314 g/mol. The van der Waals surface area contributed by atoms with Crippen LogP contribution in [0.2, 0.25) is 0 Å². The molecule has 118 valence electrons. The van der Waals surface area contributed by atoms with Gasteiger partial charge in [-0.1, -0.05) is 12.1 Å². The molecule has 0 spiro atoms. The lowest BCUT2D eigenvalue weighted by Gasteiger charge is -2.18. The van der Waals surface area contributed by atoms with E-state index >= 15 is 0 Å². The maximum Gasteiger partial charge on any atom is 0.246 e. The maximum absolute atomic E-state index is 11.5. The molecule has 1 aromatic rings. The van der Waals surface area contributed by atoms with Crippen LogP contribution in [-0.4, -0.2) is 33.1 Å². The Bertz CT molecular complexity index is 574. The van der Waals surface area contributed by atoms with Crippen LogP contribution in [0.5, 0.6) is 0 Å². The van der Waals surface area contributed by atoms with Gasteiger partial charge in [-0.2, -0.15) is 0 Å². The Labute approximate surface area is 125 Å². The van der Waals surface area contributed by atoms with Crippen molar-refractivity contribution < 1.29 is 17.9 Å². The van der Waals surface area contributed by atoms with Gasteiger partial charge in [0.25, 0.3) is 0 Å². The molecule has 0 saturated heterocycles. The molecule has 1 aromatic carbocycles. The maximum atomic E-state index is 11.5. The van der Waals surface area contributed by atoms with Gasteiger partial charge in [0.1, 0.15) is 6.61 Å². The second-order valence-corrected chi connectivity index (χ2v) is 7.25. The lowest BCUT2D eigenvalue weighted by atomic mass is 10.1. The van der Waals surface area contributed by atoms with Crippen molar-refractivity contribution >= 4 is 15.9 Å². The average Bonchev–Trinajstić information content (AvgIpc) is 2.35. The fourth-order valence-corrected chi connectivity index (χ4v) is 2.04. The molecular formula is C14H22N2O4S. The van der Waals surface area contributed by atoms with E-state index in [1.807, 2.05) is 20.8 Å². The third-order valence-electron chi connectivity index (χ3n) is 2.62. The predicted molar refractivity (Wildman–Crippen MR) is 80.2 cm³/mol. The minimum Gasteiger partial charge on any atom is -0.366 e. The summed E-state index contributed by atoms with van der Waals surface area (Å²) >= 11 is 0. The Hall–Kier alpha value is -1.44. The first-order valence-electron chi connectivity index (χ1n) is 6.60. The second-order valence-electron chi connectivity index (χ2n) is 5.69. The van der Waals surface area contributed by atoms with Gasteiger partial charge < -0.3 is 10.1 Å². The van der Waals surface area contributed by atoms with Crippen LogP contribution in [0.15, 0.2) is 29.2 Å². The third-order valence-corrected chi connectivity index (χ3v) is 3.55. The molecule has 0 aromatic heterocycles. The average molecular weight is 314 g/mol. The van der Waals surface area contributed by atoms with Gasteiger partial charge in [0, 0.05) is 6.54 Å². The van der Waals surface area contributed by atoms with E-state index in [2.05, 4.69) is 5.32 Å². The van der Waals surface area contributed by atoms with Gasteiger partial charge in [-0.25, -0.2) is 13.6 Å². The second kappa shape index (κ2) is 7.02. The number of rotatable bonds is 6. The zero-order valence-electron chi connectivity index (χ0n) is 12.5. The van der Waals surface area contributed by atoms with Crippen molar-refractivity contribution in [2.75, 3.05) is 13.2 Å². The molecule has 1 rings (SSSR count). The van der Waals surface area contributed by atoms with Gasteiger partial charge >= 0.3 is 0 Å². The first-order chi connectivity index (χ1) is 9.58. The first kappa shape index (κ1) is 17.6. The van der Waals surface area contributed by atoms with Crippen molar-refractivity contribution in [3.8, 4) is 0 Å². The van der Waals surface area contributed by atoms with Crippen LogP contribution in [0.3, 0.4) is 0 Å². The van der Waals surface area contributed by atoms with E-state index in [1.54, 1.807) is 12.1 Å². The van der Waals surface area contributed by atoms with Crippen LogP contribution in [0, 0.1) is 0 Å². The predicted octanol–water partition coefficient (Wildman–Crippen LogP) is 0.808. The van der Waals surface area contributed by atoms with Crippen molar-refractivity contribution in [1.29, 1.82) is 0 Å². The van der Waals surface area contributed by atoms with Crippen LogP contribution in [0.25, 0.3) is 0 Å². The molecular weight excluding hydrogens is 292 g/mol. The summed E-state index contributed by atoms with van der Waals surface area (Å²) in [6, 6.07) is 6.26. The molecule has 0 radical (unpaired) electrons. The summed E-state index contributed by atoms with van der Waals surface area (Å²) in [6.45, 7) is 6.13. The Balaban J connectivity index is 2.38. The molecule has 0 aliphatic rings. The van der Waals surface area contributed by atoms with Crippen LogP contribution in [0.1, 0.15) is 26.3 Å². The largest absolute Gasteiger partial charge is 0.366 e. The van der Waals surface area contributed by atoms with E-state index in [0.717, 1.165) is 5.56 Å². The molecule has 0 aliphatic carbocycles. The number of hydrogen-bond donors (Lipinski definition) is 2. The molecule has 1 amide bonds. The quantitative estimate of drug-likeness (QED) is 0.811. The first-order valence-corrected chi connectivity index (χ1v) is 8.15. The number of benzene rings is 1. The molecule has 7 heteroatoms. The smallest absolute Gasteiger partial charge is 0.246 e. The van der Waals surface area contributed by atoms with E-state index in [9.17, 15) is 13.2 Å². The van der Waals surface area contributed by atoms with Crippen molar-refractivity contribution in [3.05, 3.63) is 29.8 Å². The molecule has 0 fully saturated rings. The van der Waals surface area contributed by atoms with Crippen LogP contribution < -0.4 is 10.5 Å². The number of ether oxygens (including phenoxy) is 1. The molecule has 3 N–H and O–H groups in total. The van der Waals surface area contributed by atoms with Gasteiger partial charge in [-0.3, -0.25) is 4.79 Å². The minimum atomic E-state index is -3.66. The number of carbonyl (C=O) groups is 1. The minimum absolute atomic E-state index is 0.0217. The van der Waals surface area contributed by atoms with E-state index < -0.39 is 10.0 Å². The van der Waals surface area contributed by atoms with Gasteiger partial charge in [0.05, 0.1) is 10.5 Å². The Morgan fingerprint density at radius 1 is 1.24 bits per heavy atom. The number of nitrogens with one attached hydrogen (secondary N) is 1.